The van der Waals surface area contributed by atoms with E-state index >= 15 is 0 Å². The van der Waals surface area contributed by atoms with E-state index in [1.165, 1.54) is 24.3 Å². The molecule has 0 radical (unpaired) electrons. The normalized spacial score (nSPS) is 14.0. The van der Waals surface area contributed by atoms with Crippen LogP contribution in [0.25, 0.3) is 0 Å². The Labute approximate surface area is 201 Å². The minimum absolute atomic E-state index is 0. The number of amides is 2. The minimum atomic E-state index is -4.72. The van der Waals surface area contributed by atoms with Crippen LogP contribution in [0.4, 0.5) is 23.7 Å². The third kappa shape index (κ3) is 8.44. The average Bonchev–Trinajstić information content (AvgIpc) is 3.26. The van der Waals surface area contributed by atoms with Crippen LogP contribution in [0, 0.1) is 0 Å². The smallest absolute Gasteiger partial charge is 0.406 e. The van der Waals surface area contributed by atoms with Gasteiger partial charge in [-0.15, -0.1) is 37.1 Å². The summed E-state index contributed by atoms with van der Waals surface area (Å²) in [5.74, 6) is -0.0864. The molecule has 1 fully saturated rings. The van der Waals surface area contributed by atoms with Crippen LogP contribution in [-0.2, 0) is 13.1 Å². The standard InChI is InChI=1S/C21H24F3N5O2.HI/c22-21(23,24)31-18-8-6-15(7-9-18)13-26-19(25)27-14-16-4-3-5-17(12-16)28-20(30)29-10-1-2-11-29;/h3-9,12H,1-2,10-11,13-14H2,(H,28,30)(H3,25,26,27);1H. The number of alkyl halides is 3. The second-order valence-electron chi connectivity index (χ2n) is 7.07. The number of carbonyl (C=O) groups excluding carboxylic acids is 1. The molecule has 0 atom stereocenters. The van der Waals surface area contributed by atoms with E-state index in [-0.39, 0.29) is 41.7 Å². The van der Waals surface area contributed by atoms with Gasteiger partial charge in [-0.2, -0.15) is 0 Å². The molecule has 2 amide bonds. The first-order valence-corrected chi connectivity index (χ1v) is 9.82. The number of urea groups is 1. The fraction of sp³-hybridized carbons (Fsp3) is 0.333. The molecular weight excluding hydrogens is 538 g/mol. The van der Waals surface area contributed by atoms with Crippen LogP contribution < -0.4 is 21.1 Å². The summed E-state index contributed by atoms with van der Waals surface area (Å²) < 4.78 is 40.4. The number of carbonyl (C=O) groups is 1. The van der Waals surface area contributed by atoms with Gasteiger partial charge in [0.15, 0.2) is 5.96 Å². The number of guanidine groups is 1. The number of nitrogens with zero attached hydrogens (tertiary/aromatic N) is 2. The van der Waals surface area contributed by atoms with Gasteiger partial charge in [-0.05, 0) is 48.2 Å². The molecule has 0 aliphatic carbocycles. The molecule has 1 aliphatic heterocycles. The maximum atomic E-state index is 12.2. The Morgan fingerprint density at radius 1 is 1.09 bits per heavy atom. The molecule has 1 heterocycles. The van der Waals surface area contributed by atoms with E-state index in [1.807, 2.05) is 24.3 Å². The summed E-state index contributed by atoms with van der Waals surface area (Å²) in [4.78, 5) is 18.2. The van der Waals surface area contributed by atoms with Gasteiger partial charge in [0.05, 0.1) is 6.54 Å². The average molecular weight is 563 g/mol. The minimum Gasteiger partial charge on any atom is -0.406 e. The number of aliphatic imine (C=N–C) groups is 1. The molecule has 0 saturated carbocycles. The quantitative estimate of drug-likeness (QED) is 0.276. The molecule has 2 aromatic rings. The Kier molecular flexibility index (Phi) is 9.42. The number of hydrogen-bond acceptors (Lipinski definition) is 3. The van der Waals surface area contributed by atoms with E-state index in [0.29, 0.717) is 18.8 Å². The van der Waals surface area contributed by atoms with E-state index in [1.54, 1.807) is 4.90 Å². The second-order valence-corrected chi connectivity index (χ2v) is 7.07. The van der Waals surface area contributed by atoms with Gasteiger partial charge in [0.1, 0.15) is 5.75 Å². The third-order valence-corrected chi connectivity index (χ3v) is 4.63. The largest absolute Gasteiger partial charge is 0.573 e. The van der Waals surface area contributed by atoms with Crippen molar-refractivity contribution in [2.24, 2.45) is 10.7 Å². The van der Waals surface area contributed by atoms with Crippen molar-refractivity contribution in [3.05, 3.63) is 59.7 Å². The highest BCUT2D eigenvalue weighted by molar-refractivity contribution is 14.0. The van der Waals surface area contributed by atoms with Gasteiger partial charge in [-0.1, -0.05) is 24.3 Å². The SMILES string of the molecule is I.NC(=NCc1cccc(NC(=O)N2CCCC2)c1)NCc1ccc(OC(F)(F)F)cc1. The van der Waals surface area contributed by atoms with Crippen molar-refractivity contribution in [2.45, 2.75) is 32.3 Å². The molecule has 1 saturated heterocycles. The topological polar surface area (TPSA) is 92.0 Å². The molecule has 3 rings (SSSR count). The number of nitrogens with two attached hydrogens (primary N) is 1. The van der Waals surface area contributed by atoms with Gasteiger partial charge in [-0.3, -0.25) is 0 Å². The zero-order chi connectivity index (χ0) is 22.3. The van der Waals surface area contributed by atoms with Crippen molar-refractivity contribution in [1.29, 1.82) is 0 Å². The van der Waals surface area contributed by atoms with Crippen LogP contribution >= 0.6 is 24.0 Å². The molecule has 0 spiro atoms. The number of hydrogen-bond donors (Lipinski definition) is 3. The van der Waals surface area contributed by atoms with Gasteiger partial charge in [0.2, 0.25) is 0 Å². The van der Waals surface area contributed by atoms with Crippen LogP contribution in [0.5, 0.6) is 5.75 Å². The molecule has 32 heavy (non-hydrogen) atoms. The molecule has 1 aliphatic rings. The molecular formula is C21H25F3IN5O2. The van der Waals surface area contributed by atoms with Crippen molar-refractivity contribution >= 4 is 41.7 Å². The molecule has 11 heteroatoms. The summed E-state index contributed by atoms with van der Waals surface area (Å²) in [5, 5.41) is 5.80. The number of anilines is 1. The van der Waals surface area contributed by atoms with Crippen LogP contribution in [0.2, 0.25) is 0 Å². The van der Waals surface area contributed by atoms with Gasteiger partial charge in [0.25, 0.3) is 0 Å². The van der Waals surface area contributed by atoms with E-state index < -0.39 is 6.36 Å². The zero-order valence-corrected chi connectivity index (χ0v) is 19.5. The van der Waals surface area contributed by atoms with E-state index in [4.69, 9.17) is 5.73 Å². The highest BCUT2D eigenvalue weighted by atomic mass is 127. The Morgan fingerprint density at radius 3 is 2.44 bits per heavy atom. The number of nitrogens with one attached hydrogen (secondary N) is 2. The van der Waals surface area contributed by atoms with Crippen LogP contribution in [-0.4, -0.2) is 36.3 Å². The predicted octanol–water partition coefficient (Wildman–Crippen LogP) is 4.44. The summed E-state index contributed by atoms with van der Waals surface area (Å²) in [6.07, 6.45) is -2.66. The lowest BCUT2D eigenvalue weighted by Gasteiger charge is -2.16. The van der Waals surface area contributed by atoms with Gasteiger partial charge >= 0.3 is 12.4 Å². The van der Waals surface area contributed by atoms with Gasteiger partial charge < -0.3 is 26.0 Å². The summed E-state index contributed by atoms with van der Waals surface area (Å²) in [7, 11) is 0. The van der Waals surface area contributed by atoms with Gasteiger partial charge in [-0.25, -0.2) is 9.79 Å². The fourth-order valence-corrected chi connectivity index (χ4v) is 3.10. The Bertz CT molecular complexity index is 916. The van der Waals surface area contributed by atoms with Crippen molar-refractivity contribution in [3.63, 3.8) is 0 Å². The third-order valence-electron chi connectivity index (χ3n) is 4.63. The molecule has 0 unspecified atom stereocenters. The highest BCUT2D eigenvalue weighted by Crippen LogP contribution is 2.22. The lowest BCUT2D eigenvalue weighted by Crippen LogP contribution is -2.32. The first-order valence-electron chi connectivity index (χ1n) is 9.82. The maximum absolute atomic E-state index is 12.2. The Morgan fingerprint density at radius 2 is 1.78 bits per heavy atom. The van der Waals surface area contributed by atoms with E-state index in [2.05, 4.69) is 20.4 Å². The Hall–Kier alpha value is -2.70. The summed E-state index contributed by atoms with van der Waals surface area (Å²) >= 11 is 0. The summed E-state index contributed by atoms with van der Waals surface area (Å²) in [6, 6.07) is 12.7. The fourth-order valence-electron chi connectivity index (χ4n) is 3.10. The monoisotopic (exact) mass is 563 g/mol. The lowest BCUT2D eigenvalue weighted by molar-refractivity contribution is -0.274. The molecule has 174 valence electrons. The Balaban J connectivity index is 0.00000363. The summed E-state index contributed by atoms with van der Waals surface area (Å²) in [5.41, 5.74) is 8.16. The van der Waals surface area contributed by atoms with E-state index in [0.717, 1.165) is 37.1 Å². The van der Waals surface area contributed by atoms with Crippen molar-refractivity contribution in [2.75, 3.05) is 18.4 Å². The molecule has 0 bridgehead atoms. The number of benzene rings is 2. The predicted molar refractivity (Wildman–Crippen MR) is 127 cm³/mol. The van der Waals surface area contributed by atoms with Crippen molar-refractivity contribution in [3.8, 4) is 5.75 Å². The maximum Gasteiger partial charge on any atom is 0.573 e. The van der Waals surface area contributed by atoms with Crippen molar-refractivity contribution < 1.29 is 22.7 Å². The van der Waals surface area contributed by atoms with E-state index in [9.17, 15) is 18.0 Å². The van der Waals surface area contributed by atoms with Gasteiger partial charge in [0, 0.05) is 25.3 Å². The molecule has 0 aromatic heterocycles. The molecule has 2 aromatic carbocycles. The van der Waals surface area contributed by atoms with Crippen LogP contribution in [0.3, 0.4) is 0 Å². The summed E-state index contributed by atoms with van der Waals surface area (Å²) in [6.45, 7) is 2.16. The van der Waals surface area contributed by atoms with Crippen molar-refractivity contribution in [1.82, 2.24) is 10.2 Å². The number of likely N-dealkylation sites (tertiary alicyclic amines) is 1. The number of halogens is 4. The second kappa shape index (κ2) is 11.8. The molecule has 7 nitrogen and oxygen atoms in total. The first-order chi connectivity index (χ1) is 14.8. The zero-order valence-electron chi connectivity index (χ0n) is 17.2. The van der Waals surface area contributed by atoms with Crippen LogP contribution in [0.1, 0.15) is 24.0 Å². The van der Waals surface area contributed by atoms with Crippen LogP contribution in [0.15, 0.2) is 53.5 Å². The number of ether oxygens (including phenoxy) is 1. The highest BCUT2D eigenvalue weighted by Gasteiger charge is 2.30. The molecule has 4 N–H and O–H groups in total. The number of rotatable bonds is 6. The first kappa shape index (κ1) is 25.6. The lowest BCUT2D eigenvalue weighted by atomic mass is 10.2.